The number of hydrogen-bond acceptors (Lipinski definition) is 3. The Morgan fingerprint density at radius 2 is 1.76 bits per heavy atom. The number of nitrogens with one attached hydrogen (secondary N) is 1. The highest BCUT2D eigenvalue weighted by Gasteiger charge is 2.27. The zero-order valence-corrected chi connectivity index (χ0v) is 18.4. The minimum atomic E-state index is -0.278. The molecule has 1 heterocycles. The van der Waals surface area contributed by atoms with Crippen molar-refractivity contribution >= 4 is 11.6 Å². The molecular formula is C24H34N2O3. The van der Waals surface area contributed by atoms with Gasteiger partial charge in [-0.05, 0) is 36.8 Å². The molecule has 0 saturated carbocycles. The molecule has 5 nitrogen and oxygen atoms in total. The summed E-state index contributed by atoms with van der Waals surface area (Å²) in [5.74, 6) is 0.219. The van der Waals surface area contributed by atoms with Crippen molar-refractivity contribution < 1.29 is 14.3 Å². The van der Waals surface area contributed by atoms with Gasteiger partial charge in [0, 0.05) is 25.1 Å². The number of amides is 1. The van der Waals surface area contributed by atoms with E-state index in [1.807, 2.05) is 25.1 Å². The zero-order chi connectivity index (χ0) is 21.4. The molecule has 1 aromatic carbocycles. The van der Waals surface area contributed by atoms with Crippen LogP contribution >= 0.6 is 0 Å². The van der Waals surface area contributed by atoms with Crippen LogP contribution in [0.4, 0.5) is 5.69 Å². The number of carbonyl (C=O) groups excluding carboxylic acids is 1. The van der Waals surface area contributed by atoms with Gasteiger partial charge in [0.2, 0.25) is 5.69 Å². The Labute approximate surface area is 174 Å². The number of unbranched alkanes of at least 4 members (excludes halogenated alkanes) is 1. The number of aromatic nitrogens is 1. The Morgan fingerprint density at radius 1 is 1.10 bits per heavy atom. The number of carbonyl (C=O) groups is 1. The molecule has 2 aromatic rings. The number of para-hydroxylation sites is 1. The summed E-state index contributed by atoms with van der Waals surface area (Å²) in [6.45, 7) is 10.5. The van der Waals surface area contributed by atoms with Gasteiger partial charge in [0.25, 0.3) is 5.91 Å². The zero-order valence-electron chi connectivity index (χ0n) is 18.4. The lowest BCUT2D eigenvalue weighted by Gasteiger charge is -2.19. The van der Waals surface area contributed by atoms with E-state index in [9.17, 15) is 10.0 Å². The molecule has 0 fully saturated rings. The van der Waals surface area contributed by atoms with Crippen molar-refractivity contribution in [2.75, 3.05) is 11.9 Å². The highest BCUT2D eigenvalue weighted by molar-refractivity contribution is 6.07. The molecule has 0 saturated heterocycles. The van der Waals surface area contributed by atoms with E-state index in [4.69, 9.17) is 4.74 Å². The van der Waals surface area contributed by atoms with Crippen LogP contribution in [-0.4, -0.2) is 12.5 Å². The van der Waals surface area contributed by atoms with Crippen LogP contribution in [0.3, 0.4) is 0 Å². The SMILES string of the molecule is CCCCOc1cc(C)[n+]([O-])c(CCC)c1C(=O)Nc1c(CC)cccc1CC. The van der Waals surface area contributed by atoms with E-state index in [0.29, 0.717) is 35.7 Å². The molecule has 1 N–H and O–H groups in total. The highest BCUT2D eigenvalue weighted by Crippen LogP contribution is 2.28. The Kier molecular flexibility index (Phi) is 8.50. The second kappa shape index (κ2) is 10.8. The second-order valence-corrected chi connectivity index (χ2v) is 7.33. The first-order valence-corrected chi connectivity index (χ1v) is 10.8. The maximum Gasteiger partial charge on any atom is 0.265 e. The van der Waals surface area contributed by atoms with Gasteiger partial charge in [-0.1, -0.05) is 52.3 Å². The van der Waals surface area contributed by atoms with Gasteiger partial charge in [0.05, 0.1) is 6.61 Å². The van der Waals surface area contributed by atoms with Gasteiger partial charge in [0.15, 0.2) is 5.69 Å². The third-order valence-electron chi connectivity index (χ3n) is 5.15. The van der Waals surface area contributed by atoms with Gasteiger partial charge in [0.1, 0.15) is 11.3 Å². The number of rotatable bonds is 10. The van der Waals surface area contributed by atoms with Crippen LogP contribution in [0.25, 0.3) is 0 Å². The monoisotopic (exact) mass is 398 g/mol. The molecule has 0 radical (unpaired) electrons. The summed E-state index contributed by atoms with van der Waals surface area (Å²) in [6, 6.07) is 7.77. The first-order valence-electron chi connectivity index (χ1n) is 10.8. The minimum Gasteiger partial charge on any atom is -0.618 e. The van der Waals surface area contributed by atoms with Crippen molar-refractivity contribution in [2.45, 2.75) is 73.1 Å². The second-order valence-electron chi connectivity index (χ2n) is 7.33. The highest BCUT2D eigenvalue weighted by atomic mass is 16.5. The summed E-state index contributed by atoms with van der Waals surface area (Å²) < 4.78 is 6.83. The fourth-order valence-corrected chi connectivity index (χ4v) is 3.50. The Bertz CT molecular complexity index is 824. The van der Waals surface area contributed by atoms with Gasteiger partial charge >= 0.3 is 0 Å². The molecule has 0 aliphatic carbocycles. The summed E-state index contributed by atoms with van der Waals surface area (Å²) in [5, 5.41) is 15.8. The van der Waals surface area contributed by atoms with Crippen LogP contribution in [0.1, 0.15) is 79.8 Å². The molecule has 158 valence electrons. The molecule has 1 amide bonds. The van der Waals surface area contributed by atoms with Crippen molar-refractivity contribution in [3.63, 3.8) is 0 Å². The molecule has 0 aliphatic heterocycles. The van der Waals surface area contributed by atoms with Crippen molar-refractivity contribution in [3.05, 3.63) is 57.6 Å². The van der Waals surface area contributed by atoms with E-state index in [1.54, 1.807) is 13.0 Å². The largest absolute Gasteiger partial charge is 0.618 e. The Hall–Kier alpha value is -2.56. The topological polar surface area (TPSA) is 65.3 Å². The third-order valence-corrected chi connectivity index (χ3v) is 5.15. The fraction of sp³-hybridized carbons (Fsp3) is 0.500. The van der Waals surface area contributed by atoms with Crippen LogP contribution in [0, 0.1) is 12.1 Å². The number of benzene rings is 1. The average molecular weight is 399 g/mol. The van der Waals surface area contributed by atoms with Crippen LogP contribution in [0.5, 0.6) is 5.75 Å². The number of ether oxygens (including phenoxy) is 1. The van der Waals surface area contributed by atoms with Gasteiger partial charge in [-0.15, -0.1) is 0 Å². The number of nitrogens with zero attached hydrogens (tertiary/aromatic N) is 1. The van der Waals surface area contributed by atoms with Gasteiger partial charge in [-0.2, -0.15) is 4.73 Å². The molecule has 0 unspecified atom stereocenters. The number of aryl methyl sites for hydroxylation is 3. The average Bonchev–Trinajstić information content (AvgIpc) is 2.72. The number of pyridine rings is 1. The molecule has 0 atom stereocenters. The fourth-order valence-electron chi connectivity index (χ4n) is 3.50. The van der Waals surface area contributed by atoms with Crippen molar-refractivity contribution in [2.24, 2.45) is 0 Å². The van der Waals surface area contributed by atoms with Gasteiger partial charge < -0.3 is 15.3 Å². The molecule has 0 aliphatic rings. The number of anilines is 1. The molecule has 0 spiro atoms. The Balaban J connectivity index is 2.53. The van der Waals surface area contributed by atoms with E-state index in [2.05, 4.69) is 26.1 Å². The van der Waals surface area contributed by atoms with E-state index in [0.717, 1.165) is 53.6 Å². The maximum atomic E-state index is 13.4. The normalized spacial score (nSPS) is 10.8. The summed E-state index contributed by atoms with van der Waals surface area (Å²) in [4.78, 5) is 13.4. The van der Waals surface area contributed by atoms with Crippen molar-refractivity contribution in [1.29, 1.82) is 0 Å². The van der Waals surface area contributed by atoms with Gasteiger partial charge in [-0.3, -0.25) is 4.79 Å². The lowest BCUT2D eigenvalue weighted by atomic mass is 10.0. The van der Waals surface area contributed by atoms with E-state index < -0.39 is 0 Å². The van der Waals surface area contributed by atoms with Crippen LogP contribution in [-0.2, 0) is 19.3 Å². The Morgan fingerprint density at radius 3 is 2.31 bits per heavy atom. The van der Waals surface area contributed by atoms with E-state index >= 15 is 0 Å². The summed E-state index contributed by atoms with van der Waals surface area (Å²) >= 11 is 0. The minimum absolute atomic E-state index is 0.278. The third kappa shape index (κ3) is 5.28. The lowest BCUT2D eigenvalue weighted by molar-refractivity contribution is -0.621. The summed E-state index contributed by atoms with van der Waals surface area (Å²) in [5.41, 5.74) is 4.40. The molecular weight excluding hydrogens is 364 g/mol. The summed E-state index contributed by atoms with van der Waals surface area (Å²) in [6.07, 6.45) is 4.83. The van der Waals surface area contributed by atoms with Crippen LogP contribution in [0.2, 0.25) is 0 Å². The molecule has 0 bridgehead atoms. The first-order chi connectivity index (χ1) is 14.0. The van der Waals surface area contributed by atoms with E-state index in [1.165, 1.54) is 0 Å². The van der Waals surface area contributed by atoms with Crippen LogP contribution < -0.4 is 14.8 Å². The quantitative estimate of drug-likeness (QED) is 0.342. The molecule has 2 rings (SSSR count). The number of hydrogen-bond donors (Lipinski definition) is 1. The molecule has 5 heteroatoms. The van der Waals surface area contributed by atoms with Crippen molar-refractivity contribution in [3.8, 4) is 5.75 Å². The van der Waals surface area contributed by atoms with Crippen molar-refractivity contribution in [1.82, 2.24) is 0 Å². The van der Waals surface area contributed by atoms with Crippen LogP contribution in [0.15, 0.2) is 24.3 Å². The first kappa shape index (κ1) is 22.7. The maximum absolute atomic E-state index is 13.4. The van der Waals surface area contributed by atoms with E-state index in [-0.39, 0.29) is 5.91 Å². The predicted octanol–water partition coefficient (Wildman–Crippen LogP) is 5.14. The molecule has 29 heavy (non-hydrogen) atoms. The predicted molar refractivity (Wildman–Crippen MR) is 118 cm³/mol. The summed E-state index contributed by atoms with van der Waals surface area (Å²) in [7, 11) is 0. The smallest absolute Gasteiger partial charge is 0.265 e. The molecule has 1 aromatic heterocycles. The van der Waals surface area contributed by atoms with Gasteiger partial charge in [-0.25, -0.2) is 0 Å². The lowest BCUT2D eigenvalue weighted by Crippen LogP contribution is -2.38. The standard InChI is InChI=1S/C24H34N2O3/c1-6-10-15-29-21-16-17(5)26(28)20(12-7-2)22(21)24(27)25-23-18(8-3)13-11-14-19(23)9-4/h11,13-14,16H,6-10,12,15H2,1-5H3,(H,25,27).